The van der Waals surface area contributed by atoms with E-state index in [9.17, 15) is 4.79 Å². The molecule has 5 rings (SSSR count). The van der Waals surface area contributed by atoms with E-state index < -0.39 is 0 Å². The number of carbonyl (C=O) groups excluding carboxylic acids is 1. The Morgan fingerprint density at radius 3 is 2.05 bits per heavy atom. The molecule has 0 aromatic carbocycles. The molecule has 4 heteroatoms. The van der Waals surface area contributed by atoms with Gasteiger partial charge in [-0.3, -0.25) is 0 Å². The van der Waals surface area contributed by atoms with E-state index in [0.29, 0.717) is 0 Å². The van der Waals surface area contributed by atoms with Crippen molar-refractivity contribution in [2.75, 3.05) is 26.2 Å². The Morgan fingerprint density at radius 2 is 1.53 bits per heavy atom. The lowest BCUT2D eigenvalue weighted by molar-refractivity contribution is -0.133. The molecule has 5 aliphatic rings. The summed E-state index contributed by atoms with van der Waals surface area (Å²) < 4.78 is 6.05. The normalized spacial score (nSPS) is 44.4. The van der Waals surface area contributed by atoms with Gasteiger partial charge in [-0.15, -0.1) is 0 Å². The minimum atomic E-state index is -0.0866. The van der Waals surface area contributed by atoms with Gasteiger partial charge in [0.15, 0.2) is 0 Å². The van der Waals surface area contributed by atoms with Crippen LogP contribution in [0.25, 0.3) is 0 Å². The van der Waals surface area contributed by atoms with Crippen LogP contribution in [-0.4, -0.2) is 42.8 Å². The van der Waals surface area contributed by atoms with Crippen molar-refractivity contribution in [2.45, 2.75) is 44.1 Å². The van der Waals surface area contributed by atoms with E-state index in [0.717, 1.165) is 63.2 Å². The number of hydrogen-bond donors (Lipinski definition) is 1. The smallest absolute Gasteiger partial charge is 0.410 e. The van der Waals surface area contributed by atoms with Crippen molar-refractivity contribution < 1.29 is 9.53 Å². The summed E-state index contributed by atoms with van der Waals surface area (Å²) in [6, 6.07) is 0. The largest absolute Gasteiger partial charge is 0.443 e. The highest BCUT2D eigenvalue weighted by Crippen LogP contribution is 2.57. The number of carbonyl (C=O) groups is 1. The highest BCUT2D eigenvalue weighted by molar-refractivity contribution is 5.68. The van der Waals surface area contributed by atoms with Gasteiger partial charge in [-0.2, -0.15) is 0 Å². The Bertz CT molecular complexity index is 341. The van der Waals surface area contributed by atoms with Crippen LogP contribution in [0.15, 0.2) is 0 Å². The van der Waals surface area contributed by atoms with Gasteiger partial charge in [0.1, 0.15) is 5.60 Å². The average Bonchev–Trinajstić information content (AvgIpc) is 2.37. The summed E-state index contributed by atoms with van der Waals surface area (Å²) in [5.74, 6) is 2.51. The number of hydrogen-bond acceptors (Lipinski definition) is 3. The molecule has 4 bridgehead atoms. The number of rotatable bonds is 1. The molecule has 4 nitrogen and oxygen atoms in total. The van der Waals surface area contributed by atoms with Gasteiger partial charge in [0, 0.05) is 26.2 Å². The van der Waals surface area contributed by atoms with Crippen LogP contribution in [0, 0.1) is 17.8 Å². The van der Waals surface area contributed by atoms with Crippen molar-refractivity contribution in [2.24, 2.45) is 17.8 Å². The molecule has 106 valence electrons. The van der Waals surface area contributed by atoms with Crippen molar-refractivity contribution in [1.82, 2.24) is 10.2 Å². The molecule has 0 spiro atoms. The lowest BCUT2D eigenvalue weighted by Crippen LogP contribution is -2.55. The zero-order chi connectivity index (χ0) is 12.9. The molecule has 0 unspecified atom stereocenters. The summed E-state index contributed by atoms with van der Waals surface area (Å²) >= 11 is 0. The molecule has 1 saturated heterocycles. The van der Waals surface area contributed by atoms with Gasteiger partial charge in [-0.05, 0) is 56.3 Å². The summed E-state index contributed by atoms with van der Waals surface area (Å²) in [5, 5.41) is 3.28. The molecule has 1 N–H and O–H groups in total. The number of piperazine rings is 1. The maximum absolute atomic E-state index is 12.4. The summed E-state index contributed by atoms with van der Waals surface area (Å²) in [6.45, 7) is 3.39. The van der Waals surface area contributed by atoms with Gasteiger partial charge in [-0.1, -0.05) is 0 Å². The van der Waals surface area contributed by atoms with E-state index in [2.05, 4.69) is 5.32 Å². The first kappa shape index (κ1) is 12.0. The Balaban J connectivity index is 1.45. The number of nitrogens with one attached hydrogen (secondary N) is 1. The van der Waals surface area contributed by atoms with Crippen LogP contribution in [0.5, 0.6) is 0 Å². The molecule has 0 radical (unpaired) electrons. The summed E-state index contributed by atoms with van der Waals surface area (Å²) in [7, 11) is 0. The van der Waals surface area contributed by atoms with Gasteiger partial charge in [0.25, 0.3) is 0 Å². The second kappa shape index (κ2) is 4.37. The lowest BCUT2D eigenvalue weighted by Gasteiger charge is -2.55. The van der Waals surface area contributed by atoms with Crippen LogP contribution >= 0.6 is 0 Å². The van der Waals surface area contributed by atoms with Crippen LogP contribution in [0.1, 0.15) is 38.5 Å². The molecular formula is C15H24N2O2. The van der Waals surface area contributed by atoms with Crippen molar-refractivity contribution in [3.63, 3.8) is 0 Å². The molecule has 5 fully saturated rings. The van der Waals surface area contributed by atoms with E-state index in [1.165, 1.54) is 19.3 Å². The lowest BCUT2D eigenvalue weighted by atomic mass is 9.54. The van der Waals surface area contributed by atoms with Crippen LogP contribution < -0.4 is 5.32 Å². The van der Waals surface area contributed by atoms with E-state index in [-0.39, 0.29) is 11.7 Å². The standard InChI is InChI=1S/C15H24N2O2/c18-14(17-3-1-16-2-4-17)19-15-8-11-5-12(9-15)7-13(6-11)10-15/h11-13,16H,1-10H2. The second-order valence-electron chi connectivity index (χ2n) is 7.21. The second-order valence-corrected chi connectivity index (χ2v) is 7.21. The fourth-order valence-corrected chi connectivity index (χ4v) is 5.25. The molecule has 1 amide bonds. The highest BCUT2D eigenvalue weighted by Gasteiger charge is 2.53. The Labute approximate surface area is 114 Å². The first-order chi connectivity index (χ1) is 9.22. The van der Waals surface area contributed by atoms with Gasteiger partial charge < -0.3 is 15.0 Å². The van der Waals surface area contributed by atoms with Crippen LogP contribution in [0.2, 0.25) is 0 Å². The third-order valence-electron chi connectivity index (χ3n) is 5.66. The first-order valence-electron chi connectivity index (χ1n) is 7.91. The SMILES string of the molecule is O=C(OC12CC3CC(CC(C3)C1)C2)N1CCNCC1. The molecule has 19 heavy (non-hydrogen) atoms. The zero-order valence-corrected chi connectivity index (χ0v) is 11.6. The predicted octanol–water partition coefficient (Wildman–Crippen LogP) is 2.00. The van der Waals surface area contributed by atoms with Gasteiger partial charge in [0.2, 0.25) is 0 Å². The molecule has 0 aromatic heterocycles. The summed E-state index contributed by atoms with van der Waals surface area (Å²) in [4.78, 5) is 14.2. The first-order valence-corrected chi connectivity index (χ1v) is 7.91. The zero-order valence-electron chi connectivity index (χ0n) is 11.6. The molecule has 0 aromatic rings. The van der Waals surface area contributed by atoms with Crippen molar-refractivity contribution in [3.05, 3.63) is 0 Å². The number of amides is 1. The molecule has 1 heterocycles. The maximum atomic E-state index is 12.4. The van der Waals surface area contributed by atoms with Gasteiger partial charge >= 0.3 is 6.09 Å². The highest BCUT2D eigenvalue weighted by atomic mass is 16.6. The van der Waals surface area contributed by atoms with E-state index in [4.69, 9.17) is 4.74 Å². The minimum absolute atomic E-state index is 0.0524. The van der Waals surface area contributed by atoms with Crippen LogP contribution in [0.3, 0.4) is 0 Å². The van der Waals surface area contributed by atoms with Crippen molar-refractivity contribution >= 4 is 6.09 Å². The molecule has 4 aliphatic carbocycles. The van der Waals surface area contributed by atoms with E-state index in [1.54, 1.807) is 0 Å². The molecule has 0 atom stereocenters. The fraction of sp³-hybridized carbons (Fsp3) is 0.933. The van der Waals surface area contributed by atoms with Gasteiger partial charge in [0.05, 0.1) is 0 Å². The Morgan fingerprint density at radius 1 is 1.00 bits per heavy atom. The van der Waals surface area contributed by atoms with Crippen molar-refractivity contribution in [1.29, 1.82) is 0 Å². The number of ether oxygens (including phenoxy) is 1. The predicted molar refractivity (Wildman–Crippen MR) is 71.8 cm³/mol. The van der Waals surface area contributed by atoms with Crippen LogP contribution in [0.4, 0.5) is 4.79 Å². The quantitative estimate of drug-likeness (QED) is 0.787. The Kier molecular flexibility index (Phi) is 2.76. The third kappa shape index (κ3) is 2.14. The number of nitrogens with zero attached hydrogens (tertiary/aromatic N) is 1. The molecule has 4 saturated carbocycles. The van der Waals surface area contributed by atoms with E-state index in [1.807, 2.05) is 4.90 Å². The van der Waals surface area contributed by atoms with Crippen LogP contribution in [-0.2, 0) is 4.74 Å². The van der Waals surface area contributed by atoms with Gasteiger partial charge in [-0.25, -0.2) is 4.79 Å². The monoisotopic (exact) mass is 264 g/mol. The minimum Gasteiger partial charge on any atom is -0.443 e. The third-order valence-corrected chi connectivity index (χ3v) is 5.66. The summed E-state index contributed by atoms with van der Waals surface area (Å²) in [5.41, 5.74) is -0.0866. The Hall–Kier alpha value is -0.770. The topological polar surface area (TPSA) is 41.6 Å². The maximum Gasteiger partial charge on any atom is 0.410 e. The summed E-state index contributed by atoms with van der Waals surface area (Å²) in [6.07, 6.45) is 7.53. The van der Waals surface area contributed by atoms with E-state index >= 15 is 0 Å². The fourth-order valence-electron chi connectivity index (χ4n) is 5.25. The molecule has 1 aliphatic heterocycles. The average molecular weight is 264 g/mol. The van der Waals surface area contributed by atoms with Crippen molar-refractivity contribution in [3.8, 4) is 0 Å². The molecular weight excluding hydrogens is 240 g/mol.